The Bertz CT molecular complexity index is 108. The van der Waals surface area contributed by atoms with Gasteiger partial charge in [-0.25, -0.2) is 0 Å². The molecule has 0 amide bonds. The molecule has 0 saturated carbocycles. The highest BCUT2D eigenvalue weighted by Gasteiger charge is 2.30. The van der Waals surface area contributed by atoms with E-state index in [-0.39, 0.29) is 0 Å². The Labute approximate surface area is 69.3 Å². The van der Waals surface area contributed by atoms with Crippen molar-refractivity contribution in [1.29, 1.82) is 0 Å². The molecule has 0 aromatic rings. The number of methoxy groups -OCH3 is 1. The summed E-state index contributed by atoms with van der Waals surface area (Å²) in [7, 11) is 1.78. The number of nitrogens with one attached hydrogen (secondary N) is 1. The van der Waals surface area contributed by atoms with Gasteiger partial charge in [-0.3, -0.25) is 0 Å². The molecule has 0 bridgehead atoms. The third-order valence-corrected chi connectivity index (χ3v) is 2.79. The van der Waals surface area contributed by atoms with Crippen molar-refractivity contribution in [3.63, 3.8) is 0 Å². The normalized spacial score (nSPS) is 31.1. The zero-order valence-corrected chi connectivity index (χ0v) is 7.65. The van der Waals surface area contributed by atoms with Crippen LogP contribution in [-0.2, 0) is 4.74 Å². The first-order valence-corrected chi connectivity index (χ1v) is 4.57. The van der Waals surface area contributed by atoms with E-state index in [1.165, 1.54) is 32.2 Å². The monoisotopic (exact) mass is 157 g/mol. The molecule has 66 valence electrons. The highest BCUT2D eigenvalue weighted by Crippen LogP contribution is 2.26. The second-order valence-electron chi connectivity index (χ2n) is 3.41. The van der Waals surface area contributed by atoms with Crippen molar-refractivity contribution in [3.8, 4) is 0 Å². The van der Waals surface area contributed by atoms with Crippen molar-refractivity contribution < 1.29 is 4.74 Å². The van der Waals surface area contributed by atoms with Crippen LogP contribution in [0.4, 0.5) is 0 Å². The number of ether oxygens (including phenoxy) is 1. The summed E-state index contributed by atoms with van der Waals surface area (Å²) in [6.07, 6.45) is 5.06. The van der Waals surface area contributed by atoms with E-state index in [2.05, 4.69) is 12.2 Å². The predicted octanol–water partition coefficient (Wildman–Crippen LogP) is 1.56. The fourth-order valence-corrected chi connectivity index (χ4v) is 1.86. The van der Waals surface area contributed by atoms with Crippen LogP contribution >= 0.6 is 0 Å². The van der Waals surface area contributed by atoms with E-state index in [0.29, 0.717) is 5.54 Å². The lowest BCUT2D eigenvalue weighted by molar-refractivity contribution is 0.158. The summed E-state index contributed by atoms with van der Waals surface area (Å²) < 4.78 is 5.09. The molecule has 1 unspecified atom stereocenters. The van der Waals surface area contributed by atoms with Gasteiger partial charge in [0, 0.05) is 19.3 Å². The average Bonchev–Trinajstić information content (AvgIpc) is 2.50. The van der Waals surface area contributed by atoms with E-state index in [4.69, 9.17) is 4.74 Å². The van der Waals surface area contributed by atoms with Crippen molar-refractivity contribution in [2.24, 2.45) is 0 Å². The van der Waals surface area contributed by atoms with Crippen LogP contribution in [0.1, 0.15) is 32.6 Å². The first-order chi connectivity index (χ1) is 5.33. The van der Waals surface area contributed by atoms with Gasteiger partial charge in [0.05, 0.1) is 0 Å². The minimum absolute atomic E-state index is 0.413. The van der Waals surface area contributed by atoms with E-state index in [0.717, 1.165) is 6.61 Å². The van der Waals surface area contributed by atoms with Crippen molar-refractivity contribution >= 4 is 0 Å². The van der Waals surface area contributed by atoms with Crippen molar-refractivity contribution in [2.45, 2.75) is 38.1 Å². The summed E-state index contributed by atoms with van der Waals surface area (Å²) in [5, 5.41) is 3.57. The van der Waals surface area contributed by atoms with Crippen molar-refractivity contribution in [3.05, 3.63) is 0 Å². The molecular weight excluding hydrogens is 138 g/mol. The Balaban J connectivity index is 2.33. The maximum absolute atomic E-state index is 5.09. The third-order valence-electron chi connectivity index (χ3n) is 2.79. The van der Waals surface area contributed by atoms with E-state index in [1.807, 2.05) is 0 Å². The van der Waals surface area contributed by atoms with Gasteiger partial charge in [0.2, 0.25) is 0 Å². The molecule has 0 aromatic carbocycles. The first kappa shape index (κ1) is 9.01. The minimum atomic E-state index is 0.413. The van der Waals surface area contributed by atoms with Gasteiger partial charge in [0.25, 0.3) is 0 Å². The second kappa shape index (κ2) is 4.07. The Morgan fingerprint density at radius 1 is 1.55 bits per heavy atom. The highest BCUT2D eigenvalue weighted by molar-refractivity contribution is 4.91. The third kappa shape index (κ3) is 2.17. The Kier molecular flexibility index (Phi) is 3.34. The smallest absolute Gasteiger partial charge is 0.0479 e. The van der Waals surface area contributed by atoms with Crippen LogP contribution in [0.3, 0.4) is 0 Å². The van der Waals surface area contributed by atoms with Crippen LogP contribution in [-0.4, -0.2) is 25.8 Å². The molecule has 1 aliphatic rings. The maximum Gasteiger partial charge on any atom is 0.0479 e. The molecule has 1 atom stereocenters. The Morgan fingerprint density at radius 2 is 2.36 bits per heavy atom. The molecule has 0 spiro atoms. The first-order valence-electron chi connectivity index (χ1n) is 4.57. The summed E-state index contributed by atoms with van der Waals surface area (Å²) in [4.78, 5) is 0. The quantitative estimate of drug-likeness (QED) is 0.668. The number of hydrogen-bond acceptors (Lipinski definition) is 2. The van der Waals surface area contributed by atoms with Crippen LogP contribution < -0.4 is 5.32 Å². The zero-order valence-electron chi connectivity index (χ0n) is 7.65. The molecule has 1 aliphatic heterocycles. The van der Waals surface area contributed by atoms with Gasteiger partial charge in [0.15, 0.2) is 0 Å². The fraction of sp³-hybridized carbons (Fsp3) is 1.00. The van der Waals surface area contributed by atoms with Crippen molar-refractivity contribution in [2.75, 3.05) is 20.3 Å². The summed E-state index contributed by atoms with van der Waals surface area (Å²) in [5.74, 6) is 0. The van der Waals surface area contributed by atoms with Gasteiger partial charge in [0.1, 0.15) is 0 Å². The second-order valence-corrected chi connectivity index (χ2v) is 3.41. The molecule has 1 fully saturated rings. The lowest BCUT2D eigenvalue weighted by Gasteiger charge is -2.27. The summed E-state index contributed by atoms with van der Waals surface area (Å²) in [5.41, 5.74) is 0.413. The highest BCUT2D eigenvalue weighted by atomic mass is 16.5. The molecule has 2 nitrogen and oxygen atoms in total. The molecule has 1 rings (SSSR count). The average molecular weight is 157 g/mol. The summed E-state index contributed by atoms with van der Waals surface area (Å²) in [6, 6.07) is 0. The lowest BCUT2D eigenvalue weighted by Crippen LogP contribution is -2.39. The number of hydrogen-bond donors (Lipinski definition) is 1. The molecule has 1 heterocycles. The van der Waals surface area contributed by atoms with Crippen LogP contribution in [0.25, 0.3) is 0 Å². The van der Waals surface area contributed by atoms with Crippen LogP contribution in [0.5, 0.6) is 0 Å². The molecule has 0 aromatic heterocycles. The molecule has 1 saturated heterocycles. The molecule has 0 aliphatic carbocycles. The standard InChI is InChI=1S/C9H19NO/c1-3-9(6-8-11-2)5-4-7-10-9/h10H,3-8H2,1-2H3. The largest absolute Gasteiger partial charge is 0.385 e. The SMILES string of the molecule is CCC1(CCOC)CCCN1. The van der Waals surface area contributed by atoms with Gasteiger partial charge in [-0.15, -0.1) is 0 Å². The molecule has 11 heavy (non-hydrogen) atoms. The van der Waals surface area contributed by atoms with E-state index >= 15 is 0 Å². The van der Waals surface area contributed by atoms with E-state index in [1.54, 1.807) is 7.11 Å². The van der Waals surface area contributed by atoms with Gasteiger partial charge in [-0.2, -0.15) is 0 Å². The Morgan fingerprint density at radius 3 is 2.82 bits per heavy atom. The zero-order chi connectivity index (χ0) is 8.16. The van der Waals surface area contributed by atoms with Crippen LogP contribution in [0, 0.1) is 0 Å². The van der Waals surface area contributed by atoms with E-state index in [9.17, 15) is 0 Å². The van der Waals surface area contributed by atoms with E-state index < -0.39 is 0 Å². The molecular formula is C9H19NO. The maximum atomic E-state index is 5.09. The molecule has 2 heteroatoms. The fourth-order valence-electron chi connectivity index (χ4n) is 1.86. The van der Waals surface area contributed by atoms with Gasteiger partial charge >= 0.3 is 0 Å². The van der Waals surface area contributed by atoms with Crippen molar-refractivity contribution in [1.82, 2.24) is 5.32 Å². The van der Waals surface area contributed by atoms with Crippen LogP contribution in [0.15, 0.2) is 0 Å². The molecule has 1 N–H and O–H groups in total. The summed E-state index contributed by atoms with van der Waals surface area (Å²) in [6.45, 7) is 4.34. The van der Waals surface area contributed by atoms with Gasteiger partial charge < -0.3 is 10.1 Å². The topological polar surface area (TPSA) is 21.3 Å². The number of rotatable bonds is 4. The molecule has 0 radical (unpaired) electrons. The lowest BCUT2D eigenvalue weighted by atomic mass is 9.91. The van der Waals surface area contributed by atoms with Gasteiger partial charge in [-0.1, -0.05) is 6.92 Å². The minimum Gasteiger partial charge on any atom is -0.385 e. The van der Waals surface area contributed by atoms with Gasteiger partial charge in [-0.05, 0) is 32.2 Å². The predicted molar refractivity (Wildman–Crippen MR) is 46.8 cm³/mol. The summed E-state index contributed by atoms with van der Waals surface area (Å²) >= 11 is 0. The Hall–Kier alpha value is -0.0800. The van der Waals surface area contributed by atoms with Crippen LogP contribution in [0.2, 0.25) is 0 Å².